The number of hydrogen-bond acceptors (Lipinski definition) is 5. The molecule has 1 saturated heterocycles. The van der Waals surface area contributed by atoms with Gasteiger partial charge in [0.05, 0.1) is 5.75 Å². The predicted molar refractivity (Wildman–Crippen MR) is 143 cm³/mol. The number of aryl methyl sites for hydroxylation is 2. The van der Waals surface area contributed by atoms with Gasteiger partial charge in [0, 0.05) is 31.6 Å². The van der Waals surface area contributed by atoms with E-state index >= 15 is 0 Å². The van der Waals surface area contributed by atoms with Crippen molar-refractivity contribution in [2.75, 3.05) is 24.2 Å². The second kappa shape index (κ2) is 11.6. The number of halogens is 2. The lowest BCUT2D eigenvalue weighted by atomic mass is 9.81. The highest BCUT2D eigenvalue weighted by atomic mass is 32.2. The number of carbonyl (C=O) groups excluding carboxylic acids is 2. The van der Waals surface area contributed by atoms with Crippen LogP contribution in [0, 0.1) is 18.8 Å². The highest BCUT2D eigenvalue weighted by molar-refractivity contribution is 7.89. The molecule has 38 heavy (non-hydrogen) atoms. The largest absolute Gasteiger partial charge is 0.326 e. The predicted octanol–water partition coefficient (Wildman–Crippen LogP) is 3.82. The maximum absolute atomic E-state index is 13.1. The van der Waals surface area contributed by atoms with Crippen molar-refractivity contribution in [1.82, 2.24) is 9.62 Å². The van der Waals surface area contributed by atoms with Gasteiger partial charge in [-0.05, 0) is 87.1 Å². The van der Waals surface area contributed by atoms with Crippen molar-refractivity contribution in [3.05, 3.63) is 41.5 Å². The maximum atomic E-state index is 13.1. The fourth-order valence-electron chi connectivity index (χ4n) is 5.66. The summed E-state index contributed by atoms with van der Waals surface area (Å²) in [5.41, 5.74) is 1.56. The molecule has 8 nitrogen and oxygen atoms in total. The van der Waals surface area contributed by atoms with E-state index in [4.69, 9.17) is 4.99 Å². The number of rotatable bonds is 8. The molecule has 2 fully saturated rings. The van der Waals surface area contributed by atoms with Gasteiger partial charge in [-0.3, -0.25) is 14.6 Å². The topological polar surface area (TPSA) is 108 Å². The molecule has 4 rings (SSSR count). The van der Waals surface area contributed by atoms with Crippen LogP contribution in [0.5, 0.6) is 0 Å². The Morgan fingerprint density at radius 2 is 1.92 bits per heavy atom. The molecule has 0 radical (unpaired) electrons. The minimum absolute atomic E-state index is 0.0374. The fraction of sp³-hybridized carbons (Fsp3) is 0.593. The third-order valence-electron chi connectivity index (χ3n) is 7.92. The highest BCUT2D eigenvalue weighted by Crippen LogP contribution is 2.36. The number of allylic oxidation sites excluding steroid dienone is 2. The van der Waals surface area contributed by atoms with Gasteiger partial charge in [0.2, 0.25) is 15.9 Å². The van der Waals surface area contributed by atoms with Crippen molar-refractivity contribution < 1.29 is 26.8 Å². The van der Waals surface area contributed by atoms with E-state index < -0.39 is 22.0 Å². The van der Waals surface area contributed by atoms with Crippen molar-refractivity contribution in [1.29, 1.82) is 0 Å². The van der Waals surface area contributed by atoms with E-state index in [2.05, 4.69) is 10.6 Å². The molecular weight excluding hydrogens is 514 g/mol. The number of aliphatic imine (C=N–C) groups is 1. The van der Waals surface area contributed by atoms with Crippen LogP contribution in [0.4, 0.5) is 14.5 Å². The van der Waals surface area contributed by atoms with Crippen LogP contribution in [-0.4, -0.2) is 61.2 Å². The van der Waals surface area contributed by atoms with E-state index in [1.165, 1.54) is 11.2 Å². The van der Waals surface area contributed by atoms with Crippen LogP contribution in [0.2, 0.25) is 0 Å². The quantitative estimate of drug-likeness (QED) is 0.480. The van der Waals surface area contributed by atoms with Gasteiger partial charge in [-0.25, -0.2) is 21.5 Å². The van der Waals surface area contributed by atoms with Crippen LogP contribution in [-0.2, 0) is 26.0 Å². The molecule has 0 unspecified atom stereocenters. The molecule has 0 bridgehead atoms. The molecule has 2 heterocycles. The minimum atomic E-state index is -3.52. The summed E-state index contributed by atoms with van der Waals surface area (Å²) in [4.78, 5) is 29.0. The summed E-state index contributed by atoms with van der Waals surface area (Å²) < 4.78 is 52.5. The van der Waals surface area contributed by atoms with E-state index in [0.29, 0.717) is 30.8 Å². The second-order valence-electron chi connectivity index (χ2n) is 10.6. The molecule has 1 aliphatic carbocycles. The van der Waals surface area contributed by atoms with Crippen LogP contribution < -0.4 is 10.6 Å². The van der Waals surface area contributed by atoms with Crippen molar-refractivity contribution in [3.8, 4) is 0 Å². The smallest absolute Gasteiger partial charge is 0.257 e. The number of piperidine rings is 1. The van der Waals surface area contributed by atoms with E-state index in [9.17, 15) is 26.8 Å². The minimum Gasteiger partial charge on any atom is -0.326 e. The van der Waals surface area contributed by atoms with E-state index in [1.54, 1.807) is 12.1 Å². The molecule has 2 aliphatic heterocycles. The lowest BCUT2D eigenvalue weighted by Crippen LogP contribution is -2.51. The van der Waals surface area contributed by atoms with Gasteiger partial charge >= 0.3 is 0 Å². The zero-order valence-corrected chi connectivity index (χ0v) is 22.7. The van der Waals surface area contributed by atoms with Gasteiger partial charge in [-0.1, -0.05) is 12.1 Å². The van der Waals surface area contributed by atoms with Crippen LogP contribution in [0.25, 0.3) is 0 Å². The summed E-state index contributed by atoms with van der Waals surface area (Å²) in [5, 5.41) is 5.67. The molecule has 1 saturated carbocycles. The van der Waals surface area contributed by atoms with Crippen molar-refractivity contribution in [3.63, 3.8) is 0 Å². The number of anilines is 1. The Bertz CT molecular complexity index is 1220. The number of alkyl halides is 2. The first kappa shape index (κ1) is 28.4. The fourth-order valence-corrected chi connectivity index (χ4v) is 7.14. The summed E-state index contributed by atoms with van der Waals surface area (Å²) in [6, 6.07) is 5.43. The second-order valence-corrected chi connectivity index (χ2v) is 12.7. The molecule has 2 amide bonds. The standard InChI is InChI=1S/C27H36F2N4O4S/c1-18-17-23(30-19(2)34)9-8-21(18)11-16-38(36,37)33-14-12-27(13-15-33)26(35)31-25(32-27)22-6-3-20(4-7-22)5-10-24(28)29/h5,8-10,17,20,22,24H,3-4,6-7,11-16H2,1-2H3,(H,30,34)(H,31,32,35)/b10-5+/t20-,22-. The van der Waals surface area contributed by atoms with E-state index in [-0.39, 0.29) is 42.5 Å². The zero-order valence-electron chi connectivity index (χ0n) is 21.9. The number of nitrogens with one attached hydrogen (secondary N) is 2. The molecule has 3 aliphatic rings. The van der Waals surface area contributed by atoms with Crippen LogP contribution in [0.15, 0.2) is 35.3 Å². The molecule has 1 aromatic rings. The van der Waals surface area contributed by atoms with Crippen molar-refractivity contribution >= 4 is 33.4 Å². The lowest BCUT2D eigenvalue weighted by molar-refractivity contribution is -0.125. The first-order valence-corrected chi connectivity index (χ1v) is 14.8. The first-order chi connectivity index (χ1) is 18.0. The van der Waals surface area contributed by atoms with Crippen LogP contribution in [0.3, 0.4) is 0 Å². The van der Waals surface area contributed by atoms with Crippen LogP contribution >= 0.6 is 0 Å². The third kappa shape index (κ3) is 6.66. The number of benzene rings is 1. The average Bonchev–Trinajstić information content (AvgIpc) is 3.17. The Kier molecular flexibility index (Phi) is 8.66. The lowest BCUT2D eigenvalue weighted by Gasteiger charge is -2.34. The summed E-state index contributed by atoms with van der Waals surface area (Å²) in [6.07, 6.45) is 4.22. The summed E-state index contributed by atoms with van der Waals surface area (Å²) in [5.74, 6) is 0.516. The van der Waals surface area contributed by atoms with Gasteiger partial charge < -0.3 is 10.6 Å². The monoisotopic (exact) mass is 550 g/mol. The summed E-state index contributed by atoms with van der Waals surface area (Å²) in [7, 11) is -3.52. The summed E-state index contributed by atoms with van der Waals surface area (Å²) in [6.45, 7) is 3.79. The van der Waals surface area contributed by atoms with Gasteiger partial charge in [-0.2, -0.15) is 0 Å². The third-order valence-corrected chi connectivity index (χ3v) is 9.79. The first-order valence-electron chi connectivity index (χ1n) is 13.2. The van der Waals surface area contributed by atoms with E-state index in [1.807, 2.05) is 19.1 Å². The molecular formula is C27H36F2N4O4S. The van der Waals surface area contributed by atoms with Gasteiger partial charge in [0.15, 0.2) is 0 Å². The Morgan fingerprint density at radius 3 is 2.53 bits per heavy atom. The number of nitrogens with zero attached hydrogens (tertiary/aromatic N) is 2. The Morgan fingerprint density at radius 1 is 1.24 bits per heavy atom. The molecule has 208 valence electrons. The Labute approximate surface area is 223 Å². The Balaban J connectivity index is 1.32. The highest BCUT2D eigenvalue weighted by Gasteiger charge is 2.48. The molecule has 1 aromatic carbocycles. The molecule has 0 atom stereocenters. The van der Waals surface area contributed by atoms with Crippen LogP contribution in [0.1, 0.15) is 56.6 Å². The number of carbonyl (C=O) groups is 2. The van der Waals surface area contributed by atoms with Crippen molar-refractivity contribution in [2.24, 2.45) is 16.8 Å². The Hall–Kier alpha value is -2.66. The molecule has 1 spiro atoms. The average molecular weight is 551 g/mol. The van der Waals surface area contributed by atoms with E-state index in [0.717, 1.165) is 42.9 Å². The number of amidine groups is 1. The van der Waals surface area contributed by atoms with Gasteiger partial charge in [-0.15, -0.1) is 0 Å². The number of amides is 2. The normalized spacial score (nSPS) is 24.1. The number of hydrogen-bond donors (Lipinski definition) is 2. The molecule has 11 heteroatoms. The van der Waals surface area contributed by atoms with Gasteiger partial charge in [0.25, 0.3) is 12.3 Å². The maximum Gasteiger partial charge on any atom is 0.257 e. The SMILES string of the molecule is CC(=O)Nc1ccc(CCS(=O)(=O)N2CCC3(CC2)N=C([C@H]2CC[C@H](/C=C/C(F)F)CC2)NC3=O)c(C)c1. The molecule has 2 N–H and O–H groups in total. The molecule has 0 aromatic heterocycles. The van der Waals surface area contributed by atoms with Crippen molar-refractivity contribution in [2.45, 2.75) is 70.8 Å². The zero-order chi connectivity index (χ0) is 27.5. The van der Waals surface area contributed by atoms with Gasteiger partial charge in [0.1, 0.15) is 11.4 Å². The number of sulfonamides is 1. The summed E-state index contributed by atoms with van der Waals surface area (Å²) >= 11 is 0.